The molecular weight excluding hydrogens is 243 g/mol. The van der Waals surface area contributed by atoms with E-state index in [1.807, 2.05) is 0 Å². The summed E-state index contributed by atoms with van der Waals surface area (Å²) in [6, 6.07) is 0. The summed E-state index contributed by atoms with van der Waals surface area (Å²) in [7, 11) is 0. The summed E-state index contributed by atoms with van der Waals surface area (Å²) in [5.74, 6) is 0. The molecule has 0 atom stereocenters. The van der Waals surface area contributed by atoms with Gasteiger partial charge in [-0.15, -0.1) is 0 Å². The van der Waals surface area contributed by atoms with E-state index in [0.717, 1.165) is 0 Å². The normalized spacial score (nSPS) is 21.3. The minimum absolute atomic E-state index is 0.210. The molecule has 1 heteroatoms. The Balaban J connectivity index is 2.30. The molecule has 17 heavy (non-hydrogen) atoms. The van der Waals surface area contributed by atoms with Crippen LogP contribution in [0, 0.1) is 0 Å². The van der Waals surface area contributed by atoms with Crippen molar-refractivity contribution in [2.24, 2.45) is 0 Å². The molecule has 2 aliphatic rings. The fourth-order valence-corrected chi connectivity index (χ4v) is 5.05. The van der Waals surface area contributed by atoms with Crippen LogP contribution in [0.2, 0.25) is 0 Å². The average Bonchev–Trinajstić information content (AvgIpc) is 2.62. The zero-order valence-corrected chi connectivity index (χ0v) is 13.3. The van der Waals surface area contributed by atoms with Gasteiger partial charge in [0, 0.05) is 0 Å². The third kappa shape index (κ3) is 2.26. The van der Waals surface area contributed by atoms with E-state index in [-0.39, 0.29) is 16.3 Å². The summed E-state index contributed by atoms with van der Waals surface area (Å²) in [6.45, 7) is 13.8. The Kier molecular flexibility index (Phi) is 3.57. The van der Waals surface area contributed by atoms with Gasteiger partial charge in [0.1, 0.15) is 0 Å². The molecule has 0 radical (unpaired) electrons. The van der Waals surface area contributed by atoms with Crippen LogP contribution in [-0.2, 0) is 16.3 Å². The molecule has 0 aromatic carbocycles. The van der Waals surface area contributed by atoms with Crippen LogP contribution in [0.5, 0.6) is 0 Å². The molecule has 2 rings (SSSR count). The Morgan fingerprint density at radius 1 is 0.588 bits per heavy atom. The fourth-order valence-electron chi connectivity index (χ4n) is 2.74. The molecule has 0 saturated heterocycles. The van der Waals surface area contributed by atoms with Crippen LogP contribution in [0.3, 0.4) is 0 Å². The van der Waals surface area contributed by atoms with Crippen molar-refractivity contribution >= 4 is 0 Å². The first-order chi connectivity index (χ1) is 7.91. The second-order valence-electron chi connectivity index (χ2n) is 5.53. The Hall–Kier alpha value is -0.456. The van der Waals surface area contributed by atoms with Crippen molar-refractivity contribution < 1.29 is 16.3 Å². The Morgan fingerprint density at radius 3 is 1.18 bits per heavy atom. The van der Waals surface area contributed by atoms with Crippen LogP contribution in [0.1, 0.15) is 54.4 Å². The van der Waals surface area contributed by atoms with E-state index in [1.165, 1.54) is 12.8 Å². The van der Waals surface area contributed by atoms with Crippen molar-refractivity contribution in [3.63, 3.8) is 0 Å². The van der Waals surface area contributed by atoms with E-state index in [9.17, 15) is 0 Å². The maximum atomic E-state index is 2.32. The van der Waals surface area contributed by atoms with Gasteiger partial charge in [0.15, 0.2) is 0 Å². The summed E-state index contributed by atoms with van der Waals surface area (Å²) in [4.78, 5) is 0. The van der Waals surface area contributed by atoms with E-state index in [0.29, 0.717) is 0 Å². The Bertz CT molecular complexity index is 450. The second-order valence-corrected chi connectivity index (χ2v) is 7.28. The number of hydrogen-bond acceptors (Lipinski definition) is 0. The SMILES string of the molecule is CC1=C(C)[C]([V][C]2=C(C)CC(C)=C2C)=C(C)C1. The molecule has 0 fully saturated rings. The third-order valence-electron chi connectivity index (χ3n) is 4.08. The van der Waals surface area contributed by atoms with Crippen LogP contribution in [0.4, 0.5) is 0 Å². The molecule has 0 unspecified atom stereocenters. The third-order valence-corrected chi connectivity index (χ3v) is 7.02. The molecule has 2 aliphatic carbocycles. The molecule has 0 heterocycles. The van der Waals surface area contributed by atoms with Gasteiger partial charge in [0.2, 0.25) is 0 Å². The number of rotatable bonds is 2. The molecule has 0 amide bonds. The van der Waals surface area contributed by atoms with Gasteiger partial charge >= 0.3 is 113 Å². The zero-order valence-electron chi connectivity index (χ0n) is 11.9. The van der Waals surface area contributed by atoms with Crippen LogP contribution in [-0.4, -0.2) is 0 Å². The Morgan fingerprint density at radius 2 is 0.941 bits per heavy atom. The van der Waals surface area contributed by atoms with Crippen molar-refractivity contribution in [1.29, 1.82) is 0 Å². The van der Waals surface area contributed by atoms with Gasteiger partial charge in [-0.05, 0) is 0 Å². The molecule has 0 bridgehead atoms. The molecule has 0 N–H and O–H groups in total. The summed E-state index contributed by atoms with van der Waals surface area (Å²) in [5, 5.41) is 0. The van der Waals surface area contributed by atoms with E-state index < -0.39 is 0 Å². The van der Waals surface area contributed by atoms with Crippen LogP contribution in [0.15, 0.2) is 42.0 Å². The summed E-state index contributed by atoms with van der Waals surface area (Å²) < 4.78 is 3.39. The quantitative estimate of drug-likeness (QED) is 0.651. The first kappa shape index (κ1) is 13.0. The minimum atomic E-state index is 0.210. The molecule has 0 saturated carbocycles. The van der Waals surface area contributed by atoms with Crippen molar-refractivity contribution in [1.82, 2.24) is 0 Å². The monoisotopic (exact) mass is 265 g/mol. The van der Waals surface area contributed by atoms with Gasteiger partial charge < -0.3 is 0 Å². The van der Waals surface area contributed by atoms with E-state index >= 15 is 0 Å². The molecule has 0 aromatic heterocycles. The van der Waals surface area contributed by atoms with Crippen LogP contribution in [0.25, 0.3) is 0 Å². The Labute approximate surface area is 113 Å². The predicted octanol–water partition coefficient (Wildman–Crippen LogP) is 5.10. The molecule has 0 spiro atoms. The van der Waals surface area contributed by atoms with Crippen molar-refractivity contribution in [3.8, 4) is 0 Å². The van der Waals surface area contributed by atoms with Gasteiger partial charge in [-0.1, -0.05) is 0 Å². The number of hydrogen-bond donors (Lipinski definition) is 0. The topological polar surface area (TPSA) is 0 Å². The van der Waals surface area contributed by atoms with Gasteiger partial charge in [0.25, 0.3) is 0 Å². The van der Waals surface area contributed by atoms with E-state index in [4.69, 9.17) is 0 Å². The summed E-state index contributed by atoms with van der Waals surface area (Å²) >= 11 is 0.210. The molecular formula is C16H22V. The van der Waals surface area contributed by atoms with Gasteiger partial charge in [0.05, 0.1) is 0 Å². The predicted molar refractivity (Wildman–Crippen MR) is 71.4 cm³/mol. The average molecular weight is 265 g/mol. The van der Waals surface area contributed by atoms with E-state index in [2.05, 4.69) is 41.5 Å². The summed E-state index contributed by atoms with van der Waals surface area (Å²) in [5.41, 5.74) is 9.58. The molecule has 91 valence electrons. The van der Waals surface area contributed by atoms with Gasteiger partial charge in [-0.3, -0.25) is 0 Å². The van der Waals surface area contributed by atoms with Crippen molar-refractivity contribution in [3.05, 3.63) is 42.0 Å². The van der Waals surface area contributed by atoms with Crippen molar-refractivity contribution in [2.75, 3.05) is 0 Å². The fraction of sp³-hybridized carbons (Fsp3) is 0.500. The zero-order chi connectivity index (χ0) is 12.7. The number of allylic oxidation sites excluding steroid dienone is 8. The molecule has 0 aliphatic heterocycles. The van der Waals surface area contributed by atoms with E-state index in [1.54, 1.807) is 42.0 Å². The second kappa shape index (κ2) is 4.67. The maximum absolute atomic E-state index is 2.32. The first-order valence-corrected chi connectivity index (χ1v) is 7.76. The van der Waals surface area contributed by atoms with Crippen LogP contribution >= 0.6 is 0 Å². The molecule has 0 nitrogen and oxygen atoms in total. The van der Waals surface area contributed by atoms with Gasteiger partial charge in [-0.25, -0.2) is 0 Å². The molecule has 0 aromatic rings. The summed E-state index contributed by atoms with van der Waals surface area (Å²) in [6.07, 6.45) is 2.43. The van der Waals surface area contributed by atoms with Gasteiger partial charge in [-0.2, -0.15) is 0 Å². The standard InChI is InChI=1S/2C8H11.V/c2*1-6-4-7(2)8(3)5-6;/h2*4H2,1-3H3;. The van der Waals surface area contributed by atoms with Crippen LogP contribution < -0.4 is 0 Å². The van der Waals surface area contributed by atoms with Crippen molar-refractivity contribution in [2.45, 2.75) is 54.4 Å². The first-order valence-electron chi connectivity index (χ1n) is 6.36.